The fourth-order valence-corrected chi connectivity index (χ4v) is 9.53. The van der Waals surface area contributed by atoms with Crippen molar-refractivity contribution in [2.75, 3.05) is 4.72 Å². The fraction of sp³-hybridized carbons (Fsp3) is 0.103. The standard InChI is InChI=1S/C29H22N2O2S2/c32-35(33)28-25(21-15-7-9-17-23(21)30-35)26-22-16-8-10-18-24(22)31(20-13-5-2-6-14-20)29(26)34-27(28)19-11-3-1-4-12-19/h1-18,25,27-28,30H. The highest BCUT2D eigenvalue weighted by atomic mass is 32.2. The lowest BCUT2D eigenvalue weighted by molar-refractivity contribution is 0.558. The molecule has 4 nitrogen and oxygen atoms in total. The highest BCUT2D eigenvalue weighted by Crippen LogP contribution is 2.59. The van der Waals surface area contributed by atoms with E-state index in [2.05, 4.69) is 45.7 Å². The highest BCUT2D eigenvalue weighted by molar-refractivity contribution is 8.01. The summed E-state index contributed by atoms with van der Waals surface area (Å²) in [4.78, 5) is 0. The van der Waals surface area contributed by atoms with Crippen LogP contribution in [0.5, 0.6) is 0 Å². The van der Waals surface area contributed by atoms with Crippen LogP contribution in [0.15, 0.2) is 114 Å². The van der Waals surface area contributed by atoms with Gasteiger partial charge in [0.25, 0.3) is 0 Å². The number of nitrogens with one attached hydrogen (secondary N) is 1. The quantitative estimate of drug-likeness (QED) is 0.296. The van der Waals surface area contributed by atoms with Gasteiger partial charge in [0.2, 0.25) is 10.0 Å². The van der Waals surface area contributed by atoms with Gasteiger partial charge in [-0.05, 0) is 35.4 Å². The van der Waals surface area contributed by atoms with Gasteiger partial charge in [0.15, 0.2) is 0 Å². The number of benzene rings is 4. The molecule has 0 fully saturated rings. The van der Waals surface area contributed by atoms with E-state index in [0.717, 1.165) is 38.3 Å². The summed E-state index contributed by atoms with van der Waals surface area (Å²) in [5.41, 5.74) is 6.00. The molecule has 0 bridgehead atoms. The molecule has 0 saturated heterocycles. The van der Waals surface area contributed by atoms with Gasteiger partial charge in [-0.2, -0.15) is 0 Å². The summed E-state index contributed by atoms with van der Waals surface area (Å²) in [5, 5.41) is 1.32. The van der Waals surface area contributed by atoms with Gasteiger partial charge in [0, 0.05) is 22.6 Å². The molecule has 0 amide bonds. The number of hydrogen-bond acceptors (Lipinski definition) is 3. The van der Waals surface area contributed by atoms with Gasteiger partial charge in [-0.3, -0.25) is 4.72 Å². The number of sulfonamides is 1. The monoisotopic (exact) mass is 494 g/mol. The Hall–Kier alpha value is -3.48. The maximum Gasteiger partial charge on any atom is 0.238 e. The Bertz CT molecular complexity index is 1680. The van der Waals surface area contributed by atoms with Crippen LogP contribution in [-0.4, -0.2) is 18.2 Å². The second-order valence-corrected chi connectivity index (χ2v) is 12.0. The SMILES string of the molecule is O=S1(=O)Nc2ccccc2C2c3c(n(-c4ccccc4)c4ccccc34)SC(c3ccccc3)C21. The third kappa shape index (κ3) is 3.10. The van der Waals surface area contributed by atoms with E-state index in [-0.39, 0.29) is 11.2 Å². The van der Waals surface area contributed by atoms with Gasteiger partial charge in [0.05, 0.1) is 21.5 Å². The predicted octanol–water partition coefficient (Wildman–Crippen LogP) is 6.73. The lowest BCUT2D eigenvalue weighted by Crippen LogP contribution is -2.43. The Kier molecular flexibility index (Phi) is 4.63. The molecule has 5 aromatic rings. The van der Waals surface area contributed by atoms with Crippen molar-refractivity contribution in [1.29, 1.82) is 0 Å². The maximum absolute atomic E-state index is 13.9. The maximum atomic E-state index is 13.9. The summed E-state index contributed by atoms with van der Waals surface area (Å²) in [6.45, 7) is 0. The van der Waals surface area contributed by atoms with Crippen LogP contribution >= 0.6 is 11.8 Å². The zero-order chi connectivity index (χ0) is 23.6. The molecular formula is C29H22N2O2S2. The van der Waals surface area contributed by atoms with E-state index in [1.807, 2.05) is 72.8 Å². The molecule has 6 heteroatoms. The minimum Gasteiger partial charge on any atom is -0.304 e. The Morgan fingerprint density at radius 3 is 2.20 bits per heavy atom. The third-order valence-corrected chi connectivity index (χ3v) is 10.5. The summed E-state index contributed by atoms with van der Waals surface area (Å²) in [6, 6.07) is 36.6. The van der Waals surface area contributed by atoms with E-state index in [1.54, 1.807) is 11.8 Å². The molecule has 0 aliphatic carbocycles. The molecular weight excluding hydrogens is 472 g/mol. The van der Waals surface area contributed by atoms with Crippen molar-refractivity contribution in [3.8, 4) is 5.69 Å². The Labute approximate surface area is 208 Å². The Morgan fingerprint density at radius 2 is 1.40 bits per heavy atom. The molecule has 0 radical (unpaired) electrons. The van der Waals surface area contributed by atoms with E-state index in [0.29, 0.717) is 5.69 Å². The second-order valence-electron chi connectivity index (χ2n) is 9.03. The largest absolute Gasteiger partial charge is 0.304 e. The Balaban J connectivity index is 1.61. The topological polar surface area (TPSA) is 51.1 Å². The molecule has 2 aliphatic rings. The average Bonchev–Trinajstić information content (AvgIpc) is 3.23. The average molecular weight is 495 g/mol. The first-order valence-electron chi connectivity index (χ1n) is 11.6. The molecule has 2 aliphatic heterocycles. The first-order valence-corrected chi connectivity index (χ1v) is 14.1. The van der Waals surface area contributed by atoms with Crippen LogP contribution in [0.1, 0.15) is 27.9 Å². The smallest absolute Gasteiger partial charge is 0.238 e. The molecule has 1 N–H and O–H groups in total. The number of thioether (sulfide) groups is 1. The predicted molar refractivity (Wildman–Crippen MR) is 143 cm³/mol. The van der Waals surface area contributed by atoms with Crippen molar-refractivity contribution < 1.29 is 8.42 Å². The lowest BCUT2D eigenvalue weighted by atomic mass is 9.84. The summed E-state index contributed by atoms with van der Waals surface area (Å²) in [5.74, 6) is -0.284. The van der Waals surface area contributed by atoms with Crippen LogP contribution in [0.4, 0.5) is 5.69 Å². The van der Waals surface area contributed by atoms with Crippen LogP contribution in [0.3, 0.4) is 0 Å². The normalized spacial score (nSPS) is 22.0. The summed E-state index contributed by atoms with van der Waals surface area (Å²) in [6.07, 6.45) is 0. The molecule has 4 aromatic carbocycles. The first kappa shape index (κ1) is 20.9. The first-order chi connectivity index (χ1) is 17.1. The minimum absolute atomic E-state index is 0.258. The van der Waals surface area contributed by atoms with Gasteiger partial charge in [-0.15, -0.1) is 0 Å². The summed E-state index contributed by atoms with van der Waals surface area (Å²) in [7, 11) is -3.64. The van der Waals surface area contributed by atoms with Crippen molar-refractivity contribution in [3.63, 3.8) is 0 Å². The van der Waals surface area contributed by atoms with Crippen molar-refractivity contribution in [1.82, 2.24) is 4.57 Å². The zero-order valence-electron chi connectivity index (χ0n) is 18.7. The van der Waals surface area contributed by atoms with E-state index >= 15 is 0 Å². The summed E-state index contributed by atoms with van der Waals surface area (Å²) < 4.78 is 32.9. The Morgan fingerprint density at radius 1 is 0.743 bits per heavy atom. The van der Waals surface area contributed by atoms with Crippen molar-refractivity contribution >= 4 is 38.4 Å². The van der Waals surface area contributed by atoms with Crippen LogP contribution in [-0.2, 0) is 10.0 Å². The number of para-hydroxylation sites is 3. The van der Waals surface area contributed by atoms with Crippen LogP contribution < -0.4 is 4.72 Å². The lowest BCUT2D eigenvalue weighted by Gasteiger charge is -2.42. The van der Waals surface area contributed by atoms with E-state index < -0.39 is 15.3 Å². The van der Waals surface area contributed by atoms with Crippen LogP contribution in [0.2, 0.25) is 0 Å². The number of fused-ring (bicyclic) bond motifs is 7. The highest BCUT2D eigenvalue weighted by Gasteiger charge is 2.51. The van der Waals surface area contributed by atoms with Gasteiger partial charge < -0.3 is 4.57 Å². The van der Waals surface area contributed by atoms with Crippen LogP contribution in [0.25, 0.3) is 16.6 Å². The fourth-order valence-electron chi connectivity index (χ4n) is 5.68. The molecule has 3 atom stereocenters. The number of anilines is 1. The molecule has 0 saturated carbocycles. The molecule has 172 valence electrons. The number of rotatable bonds is 2. The molecule has 3 heterocycles. The zero-order valence-corrected chi connectivity index (χ0v) is 20.3. The summed E-state index contributed by atoms with van der Waals surface area (Å²) >= 11 is 1.66. The molecule has 3 unspecified atom stereocenters. The molecule has 0 spiro atoms. The van der Waals surface area contributed by atoms with Gasteiger partial charge in [0.1, 0.15) is 5.25 Å². The third-order valence-electron chi connectivity index (χ3n) is 7.09. The minimum atomic E-state index is -3.64. The van der Waals surface area contributed by atoms with E-state index in [9.17, 15) is 8.42 Å². The molecule has 35 heavy (non-hydrogen) atoms. The number of nitrogens with zero attached hydrogens (tertiary/aromatic N) is 1. The number of hydrogen-bond donors (Lipinski definition) is 1. The van der Waals surface area contributed by atoms with Crippen molar-refractivity contribution in [3.05, 3.63) is 126 Å². The van der Waals surface area contributed by atoms with Gasteiger partial charge in [-0.25, -0.2) is 8.42 Å². The van der Waals surface area contributed by atoms with Gasteiger partial charge >= 0.3 is 0 Å². The number of aromatic nitrogens is 1. The van der Waals surface area contributed by atoms with Crippen LogP contribution in [0, 0.1) is 0 Å². The molecule has 1 aromatic heterocycles. The second kappa shape index (κ2) is 7.77. The van der Waals surface area contributed by atoms with Gasteiger partial charge in [-0.1, -0.05) is 96.7 Å². The molecule has 7 rings (SSSR count). The van der Waals surface area contributed by atoms with Crippen molar-refractivity contribution in [2.45, 2.75) is 21.4 Å². The van der Waals surface area contributed by atoms with E-state index in [1.165, 1.54) is 0 Å². The van der Waals surface area contributed by atoms with E-state index in [4.69, 9.17) is 0 Å². The van der Waals surface area contributed by atoms with Crippen molar-refractivity contribution in [2.24, 2.45) is 0 Å².